The number of ether oxygens (including phenoxy) is 2. The van der Waals surface area contributed by atoms with Crippen molar-refractivity contribution in [3.63, 3.8) is 0 Å². The molecule has 0 amide bonds. The third kappa shape index (κ3) is 43.5. The van der Waals surface area contributed by atoms with Gasteiger partial charge in [-0.05, 0) is 38.5 Å². The van der Waals surface area contributed by atoms with E-state index < -0.39 is 32.5 Å². The minimum Gasteiger partial charge on any atom is -0.462 e. The highest BCUT2D eigenvalue weighted by molar-refractivity contribution is 7.46. The Morgan fingerprint density at radius 3 is 1.15 bits per heavy atom. The normalized spacial score (nSPS) is 12.4. The van der Waals surface area contributed by atoms with E-state index in [1.54, 1.807) is 0 Å². The lowest BCUT2D eigenvalue weighted by molar-refractivity contribution is -0.161. The van der Waals surface area contributed by atoms with Crippen molar-refractivity contribution in [2.75, 3.05) is 13.2 Å². The van der Waals surface area contributed by atoms with Crippen molar-refractivity contribution >= 4 is 19.8 Å². The van der Waals surface area contributed by atoms with E-state index in [-0.39, 0.29) is 19.4 Å². The minimum atomic E-state index is -4.75. The molecule has 0 aromatic rings. The van der Waals surface area contributed by atoms with E-state index in [1.165, 1.54) is 167 Å². The van der Waals surface area contributed by atoms with Crippen LogP contribution in [-0.4, -0.2) is 41.0 Å². The number of phosphoric ester groups is 1. The zero-order valence-electron chi connectivity index (χ0n) is 35.4. The van der Waals surface area contributed by atoms with E-state index in [0.717, 1.165) is 44.9 Å². The van der Waals surface area contributed by atoms with Crippen LogP contribution in [0.15, 0.2) is 12.2 Å². The molecule has 8 nitrogen and oxygen atoms in total. The molecule has 0 saturated heterocycles. The molecular weight excluding hydrogens is 699 g/mol. The third-order valence-corrected chi connectivity index (χ3v) is 10.8. The molecule has 0 aromatic heterocycles. The number of esters is 2. The Bertz CT molecular complexity index is 889. The van der Waals surface area contributed by atoms with Crippen molar-refractivity contribution in [1.82, 2.24) is 0 Å². The third-order valence-electron chi connectivity index (χ3n) is 10.3. The SMILES string of the molecule is CCCCCC/C=C/CCCCCCCCCC(=O)O[C@H](COC(=O)CCCCCCCCCCCCCCCCCCCCCCC)COP(=O)(O)O. The minimum absolute atomic E-state index is 0.211. The molecule has 9 heteroatoms. The summed E-state index contributed by atoms with van der Waals surface area (Å²) in [6.07, 6.45) is 46.5. The van der Waals surface area contributed by atoms with Crippen LogP contribution in [0, 0.1) is 0 Å². The second-order valence-corrected chi connectivity index (χ2v) is 17.0. The lowest BCUT2D eigenvalue weighted by atomic mass is 10.0. The quantitative estimate of drug-likeness (QED) is 0.0271. The van der Waals surface area contributed by atoms with Gasteiger partial charge in [0.15, 0.2) is 6.10 Å². The van der Waals surface area contributed by atoms with Crippen LogP contribution in [0.4, 0.5) is 0 Å². The number of phosphoric acid groups is 1. The van der Waals surface area contributed by atoms with Crippen molar-refractivity contribution in [3.05, 3.63) is 12.2 Å². The molecule has 2 N–H and O–H groups in total. The molecular formula is C45H87O8P. The van der Waals surface area contributed by atoms with Crippen LogP contribution in [-0.2, 0) is 28.2 Å². The Kier molecular flexibility index (Phi) is 40.5. The number of carbonyl (C=O) groups excluding carboxylic acids is 2. The van der Waals surface area contributed by atoms with E-state index in [2.05, 4.69) is 30.5 Å². The van der Waals surface area contributed by atoms with Gasteiger partial charge in [-0.15, -0.1) is 0 Å². The van der Waals surface area contributed by atoms with Gasteiger partial charge < -0.3 is 19.3 Å². The highest BCUT2D eigenvalue weighted by atomic mass is 31.2. The first-order valence-electron chi connectivity index (χ1n) is 23.0. The second-order valence-electron chi connectivity index (χ2n) is 15.7. The van der Waals surface area contributed by atoms with Crippen LogP contribution >= 0.6 is 7.82 Å². The van der Waals surface area contributed by atoms with Gasteiger partial charge in [-0.25, -0.2) is 4.57 Å². The number of carbonyl (C=O) groups is 2. The average molecular weight is 787 g/mol. The Morgan fingerprint density at radius 2 is 0.778 bits per heavy atom. The number of hydrogen-bond acceptors (Lipinski definition) is 6. The molecule has 0 saturated carbocycles. The first-order chi connectivity index (χ1) is 26.3. The monoisotopic (exact) mass is 787 g/mol. The van der Waals surface area contributed by atoms with Crippen LogP contribution in [0.1, 0.15) is 245 Å². The van der Waals surface area contributed by atoms with E-state index in [9.17, 15) is 14.2 Å². The molecule has 320 valence electrons. The Hall–Kier alpha value is -1.21. The zero-order valence-corrected chi connectivity index (χ0v) is 36.3. The summed E-state index contributed by atoms with van der Waals surface area (Å²) in [5, 5.41) is 0. The van der Waals surface area contributed by atoms with Gasteiger partial charge in [0.1, 0.15) is 6.61 Å². The molecule has 0 aromatic carbocycles. The first-order valence-corrected chi connectivity index (χ1v) is 24.5. The highest BCUT2D eigenvalue weighted by Crippen LogP contribution is 2.36. The van der Waals surface area contributed by atoms with E-state index in [0.29, 0.717) is 6.42 Å². The van der Waals surface area contributed by atoms with Crippen molar-refractivity contribution in [2.45, 2.75) is 251 Å². The molecule has 0 aliphatic heterocycles. The second kappa shape index (κ2) is 41.4. The summed E-state index contributed by atoms with van der Waals surface area (Å²) >= 11 is 0. The maximum Gasteiger partial charge on any atom is 0.469 e. The van der Waals surface area contributed by atoms with Crippen molar-refractivity contribution in [2.24, 2.45) is 0 Å². The fourth-order valence-electron chi connectivity index (χ4n) is 6.84. The summed E-state index contributed by atoms with van der Waals surface area (Å²) in [4.78, 5) is 42.9. The highest BCUT2D eigenvalue weighted by Gasteiger charge is 2.23. The van der Waals surface area contributed by atoms with Crippen molar-refractivity contribution < 1.29 is 37.9 Å². The van der Waals surface area contributed by atoms with Gasteiger partial charge >= 0.3 is 19.8 Å². The van der Waals surface area contributed by atoms with Gasteiger partial charge in [-0.2, -0.15) is 0 Å². The van der Waals surface area contributed by atoms with E-state index in [1.807, 2.05) is 0 Å². The van der Waals surface area contributed by atoms with Gasteiger partial charge in [0.05, 0.1) is 6.61 Å². The molecule has 0 unspecified atom stereocenters. The molecule has 0 aliphatic carbocycles. The largest absolute Gasteiger partial charge is 0.469 e. The molecule has 0 fully saturated rings. The number of allylic oxidation sites excluding steroid dienone is 2. The van der Waals surface area contributed by atoms with Crippen LogP contribution in [0.25, 0.3) is 0 Å². The zero-order chi connectivity index (χ0) is 39.6. The van der Waals surface area contributed by atoms with E-state index in [4.69, 9.17) is 19.3 Å². The summed E-state index contributed by atoms with van der Waals surface area (Å²) in [6.45, 7) is 3.71. The summed E-state index contributed by atoms with van der Waals surface area (Å²) in [6, 6.07) is 0. The Morgan fingerprint density at radius 1 is 0.463 bits per heavy atom. The van der Waals surface area contributed by atoms with Gasteiger partial charge in [-0.1, -0.05) is 206 Å². The summed E-state index contributed by atoms with van der Waals surface area (Å²) < 4.78 is 26.4. The summed E-state index contributed by atoms with van der Waals surface area (Å²) in [7, 11) is -4.75. The molecule has 54 heavy (non-hydrogen) atoms. The molecule has 0 bridgehead atoms. The molecule has 0 heterocycles. The molecule has 0 aliphatic rings. The number of hydrogen-bond donors (Lipinski definition) is 2. The summed E-state index contributed by atoms with van der Waals surface area (Å²) in [5.74, 6) is -0.875. The smallest absolute Gasteiger partial charge is 0.462 e. The van der Waals surface area contributed by atoms with Crippen molar-refractivity contribution in [3.8, 4) is 0 Å². The van der Waals surface area contributed by atoms with Crippen LogP contribution in [0.3, 0.4) is 0 Å². The van der Waals surface area contributed by atoms with E-state index >= 15 is 0 Å². The maximum absolute atomic E-state index is 12.4. The fourth-order valence-corrected chi connectivity index (χ4v) is 7.20. The lowest BCUT2D eigenvalue weighted by Gasteiger charge is -2.18. The van der Waals surface area contributed by atoms with Gasteiger partial charge in [0, 0.05) is 12.8 Å². The van der Waals surface area contributed by atoms with Crippen LogP contribution in [0.2, 0.25) is 0 Å². The van der Waals surface area contributed by atoms with Crippen LogP contribution < -0.4 is 0 Å². The molecule has 0 rings (SSSR count). The van der Waals surface area contributed by atoms with Crippen LogP contribution in [0.5, 0.6) is 0 Å². The standard InChI is InChI=1S/C45H87O8P/c1-3-5-7-9-11-13-15-17-19-20-21-22-23-24-26-27-29-31-33-35-37-39-44(46)51-41-43(42-52-54(48,49)50)53-45(47)40-38-36-34-32-30-28-25-18-16-14-12-10-8-6-4-2/h14,16,43H,3-13,15,17-42H2,1-2H3,(H2,48,49,50)/b16-14+/t43-/m1/s1. The Balaban J connectivity index is 3.81. The Labute approximate surface area is 333 Å². The van der Waals surface area contributed by atoms with Gasteiger partial charge in [0.2, 0.25) is 0 Å². The first kappa shape index (κ1) is 52.8. The lowest BCUT2D eigenvalue weighted by Crippen LogP contribution is -2.29. The van der Waals surface area contributed by atoms with Gasteiger partial charge in [-0.3, -0.25) is 14.1 Å². The topological polar surface area (TPSA) is 119 Å². The summed E-state index contributed by atoms with van der Waals surface area (Å²) in [5.41, 5.74) is 0. The molecule has 0 radical (unpaired) electrons. The number of rotatable bonds is 43. The average Bonchev–Trinajstić information content (AvgIpc) is 3.14. The molecule has 1 atom stereocenters. The predicted octanol–water partition coefficient (Wildman–Crippen LogP) is 14.2. The molecule has 0 spiro atoms. The number of unbranched alkanes of at least 4 members (excludes halogenated alkanes) is 31. The predicted molar refractivity (Wildman–Crippen MR) is 226 cm³/mol. The maximum atomic E-state index is 12.4. The fraction of sp³-hybridized carbons (Fsp3) is 0.911. The van der Waals surface area contributed by atoms with Gasteiger partial charge in [0.25, 0.3) is 0 Å². The van der Waals surface area contributed by atoms with Crippen molar-refractivity contribution in [1.29, 1.82) is 0 Å².